The van der Waals surface area contributed by atoms with E-state index < -0.39 is 0 Å². The first-order valence-electron chi connectivity index (χ1n) is 17.6. The number of fused-ring (bicyclic) bond motifs is 7. The second kappa shape index (κ2) is 12.3. The number of hydrogen-bond acceptors (Lipinski definition) is 5. The van der Waals surface area contributed by atoms with Gasteiger partial charge in [0.25, 0.3) is 0 Å². The van der Waals surface area contributed by atoms with Gasteiger partial charge >= 0.3 is 0 Å². The molecule has 0 saturated carbocycles. The molecule has 262 valence electrons. The van der Waals surface area contributed by atoms with E-state index in [9.17, 15) is 0 Å². The average Bonchev–Trinajstić information content (AvgIpc) is 3.76. The number of imidazole rings is 1. The van der Waals surface area contributed by atoms with E-state index in [4.69, 9.17) is 14.7 Å². The Morgan fingerprint density at radius 3 is 2.43 bits per heavy atom. The predicted octanol–water partition coefficient (Wildman–Crippen LogP) is 10.4. The molecule has 9 rings (SSSR count). The molecular weight excluding hydrogens is 812 g/mol. The van der Waals surface area contributed by atoms with E-state index in [1.165, 1.54) is 35.4 Å². The van der Waals surface area contributed by atoms with Crippen molar-refractivity contribution in [2.75, 3.05) is 9.80 Å². The molecule has 4 aromatic carbocycles. The zero-order valence-corrected chi connectivity index (χ0v) is 32.2. The summed E-state index contributed by atoms with van der Waals surface area (Å²) in [7, 11) is 0. The van der Waals surface area contributed by atoms with E-state index in [1.807, 2.05) is 24.4 Å². The third kappa shape index (κ3) is 5.70. The number of hydrogen-bond donors (Lipinski definition) is 0. The summed E-state index contributed by atoms with van der Waals surface area (Å²) in [6.07, 6.45) is 5.34. The SMILES string of the molecule is CC(C)(C)c1ccnc(-n2c3[c-]c(Oc4[c-]c(N5[CH-]N(C(C)(C)C)c6cc7c(cc65)nc5n7CCCC5)ccc4)ccc3c3ccccc32)c1.[Pt]. The minimum atomic E-state index is -0.125. The van der Waals surface area contributed by atoms with Crippen LogP contribution in [0.1, 0.15) is 65.8 Å². The molecule has 0 radical (unpaired) electrons. The number of pyridine rings is 1. The van der Waals surface area contributed by atoms with E-state index in [0.717, 1.165) is 57.5 Å². The summed E-state index contributed by atoms with van der Waals surface area (Å²) in [6, 6.07) is 34.7. The van der Waals surface area contributed by atoms with Crippen LogP contribution in [0, 0.1) is 18.8 Å². The minimum absolute atomic E-state index is 0. The summed E-state index contributed by atoms with van der Waals surface area (Å²) in [4.78, 5) is 14.5. The third-order valence-electron chi connectivity index (χ3n) is 10.1. The molecule has 0 unspecified atom stereocenters. The van der Waals surface area contributed by atoms with Crippen molar-refractivity contribution in [1.82, 2.24) is 19.1 Å². The van der Waals surface area contributed by atoms with Crippen LogP contribution in [0.5, 0.6) is 11.5 Å². The molecule has 2 aliphatic rings. The van der Waals surface area contributed by atoms with Gasteiger partial charge in [-0.25, -0.2) is 9.97 Å². The molecule has 3 aromatic heterocycles. The normalized spacial score (nSPS) is 14.6. The molecule has 0 aliphatic carbocycles. The van der Waals surface area contributed by atoms with Gasteiger partial charge in [0.2, 0.25) is 0 Å². The van der Waals surface area contributed by atoms with Crippen LogP contribution in [0.2, 0.25) is 0 Å². The first-order valence-corrected chi connectivity index (χ1v) is 17.6. The Balaban J connectivity index is 0.00000374. The fourth-order valence-electron chi connectivity index (χ4n) is 7.48. The number of anilines is 3. The van der Waals surface area contributed by atoms with Crippen LogP contribution in [0.25, 0.3) is 38.7 Å². The van der Waals surface area contributed by atoms with Crippen LogP contribution in [0.3, 0.4) is 0 Å². The van der Waals surface area contributed by atoms with Crippen molar-refractivity contribution in [3.63, 3.8) is 0 Å². The molecule has 2 aliphatic heterocycles. The zero-order valence-electron chi connectivity index (χ0n) is 29.9. The van der Waals surface area contributed by atoms with E-state index in [2.05, 4.69) is 140 Å². The van der Waals surface area contributed by atoms with Gasteiger partial charge in [-0.3, -0.25) is 0 Å². The van der Waals surface area contributed by atoms with Gasteiger partial charge in [-0.05, 0) is 80.3 Å². The largest absolute Gasteiger partial charge is 0.509 e. The monoisotopic (exact) mass is 852 g/mol. The maximum Gasteiger partial charge on any atom is 0.135 e. The van der Waals surface area contributed by atoms with Gasteiger partial charge in [-0.2, -0.15) is 18.8 Å². The van der Waals surface area contributed by atoms with E-state index in [0.29, 0.717) is 11.5 Å². The Labute approximate surface area is 314 Å². The molecule has 51 heavy (non-hydrogen) atoms. The van der Waals surface area contributed by atoms with E-state index in [1.54, 1.807) is 0 Å². The van der Waals surface area contributed by atoms with Crippen LogP contribution in [0.15, 0.2) is 85.1 Å². The Bertz CT molecular complexity index is 2450. The number of rotatable bonds is 4. The first-order chi connectivity index (χ1) is 24.0. The number of nitrogens with zero attached hydrogens (tertiary/aromatic N) is 6. The molecule has 0 amide bonds. The van der Waals surface area contributed by atoms with Crippen molar-refractivity contribution < 1.29 is 25.8 Å². The quantitative estimate of drug-likeness (QED) is 0.165. The smallest absolute Gasteiger partial charge is 0.135 e. The van der Waals surface area contributed by atoms with Crippen LogP contribution in [-0.2, 0) is 39.4 Å². The van der Waals surface area contributed by atoms with Crippen molar-refractivity contribution in [1.29, 1.82) is 0 Å². The Morgan fingerprint density at radius 2 is 1.61 bits per heavy atom. The summed E-state index contributed by atoms with van der Waals surface area (Å²) in [6.45, 7) is 16.6. The molecule has 0 spiro atoms. The molecule has 0 saturated heterocycles. The number of ether oxygens (including phenoxy) is 1. The summed E-state index contributed by atoms with van der Waals surface area (Å²) in [5, 5.41) is 2.26. The summed E-state index contributed by atoms with van der Waals surface area (Å²) in [5.41, 5.74) is 8.54. The number of aromatic nitrogens is 4. The summed E-state index contributed by atoms with van der Waals surface area (Å²) < 4.78 is 11.1. The van der Waals surface area contributed by atoms with Crippen molar-refractivity contribution in [2.24, 2.45) is 0 Å². The molecule has 0 N–H and O–H groups in total. The van der Waals surface area contributed by atoms with Gasteiger partial charge in [0, 0.05) is 74.2 Å². The summed E-state index contributed by atoms with van der Waals surface area (Å²) in [5.74, 6) is 3.30. The predicted molar refractivity (Wildman–Crippen MR) is 203 cm³/mol. The standard InChI is InChI=1S/C43H41N6O.Pt/c1-42(2,3)28-19-20-44-41(22-28)49-35-15-8-7-14-32(35)33-18-17-31(24-36(33)49)50-30-13-11-12-29(23-30)47-27-48(43(4,5)6)39-26-37-34(25-38(39)47)45-40-16-9-10-21-46(37)40;/h7-8,11-15,17-20,22,25-27H,9-10,16,21H2,1-6H3;/q-3;. The van der Waals surface area contributed by atoms with Crippen LogP contribution >= 0.6 is 0 Å². The molecular formula is C43H41N6OPt-3. The van der Waals surface area contributed by atoms with Gasteiger partial charge < -0.3 is 23.7 Å². The van der Waals surface area contributed by atoms with Crippen LogP contribution in [0.4, 0.5) is 17.1 Å². The van der Waals surface area contributed by atoms with Gasteiger partial charge in [0.05, 0.1) is 11.0 Å². The second-order valence-electron chi connectivity index (χ2n) is 15.6. The minimum Gasteiger partial charge on any atom is -0.509 e. The van der Waals surface area contributed by atoms with Crippen molar-refractivity contribution in [3.8, 4) is 17.3 Å². The average molecular weight is 853 g/mol. The van der Waals surface area contributed by atoms with Gasteiger partial charge in [-0.1, -0.05) is 44.5 Å². The molecule has 0 bridgehead atoms. The molecule has 7 nitrogen and oxygen atoms in total. The zero-order chi connectivity index (χ0) is 34.4. The van der Waals surface area contributed by atoms with E-state index >= 15 is 0 Å². The van der Waals surface area contributed by atoms with Crippen molar-refractivity contribution >= 4 is 49.9 Å². The fourth-order valence-corrected chi connectivity index (χ4v) is 7.48. The Kier molecular flexibility index (Phi) is 8.06. The maximum absolute atomic E-state index is 6.54. The third-order valence-corrected chi connectivity index (χ3v) is 10.1. The molecule has 0 fully saturated rings. The number of benzene rings is 4. The molecule has 8 heteroatoms. The number of para-hydroxylation sites is 1. The van der Waals surface area contributed by atoms with Crippen molar-refractivity contribution in [3.05, 3.63) is 115 Å². The summed E-state index contributed by atoms with van der Waals surface area (Å²) >= 11 is 0. The van der Waals surface area contributed by atoms with Crippen LogP contribution in [-0.4, -0.2) is 24.6 Å². The van der Waals surface area contributed by atoms with Gasteiger partial charge in [0.15, 0.2) is 0 Å². The molecule has 7 aromatic rings. The molecule has 5 heterocycles. The maximum atomic E-state index is 6.54. The fraction of sp³-hybridized carbons (Fsp3) is 0.279. The van der Waals surface area contributed by atoms with Gasteiger partial charge in [0.1, 0.15) is 11.6 Å². The number of aryl methyl sites for hydroxylation is 2. The topological polar surface area (TPSA) is 51.4 Å². The van der Waals surface area contributed by atoms with E-state index in [-0.39, 0.29) is 32.0 Å². The van der Waals surface area contributed by atoms with Gasteiger partial charge in [-0.15, -0.1) is 41.4 Å². The van der Waals surface area contributed by atoms with Crippen molar-refractivity contribution in [2.45, 2.75) is 78.3 Å². The van der Waals surface area contributed by atoms with Crippen LogP contribution < -0.4 is 14.5 Å². The Morgan fingerprint density at radius 1 is 0.784 bits per heavy atom. The second-order valence-corrected chi connectivity index (χ2v) is 15.6. The first kappa shape index (κ1) is 33.5. The molecule has 0 atom stereocenters. The Hall–Kier alpha value is -4.61.